The first-order valence-electron chi connectivity index (χ1n) is 9.37. The van der Waals surface area contributed by atoms with E-state index in [0.29, 0.717) is 26.1 Å². The van der Waals surface area contributed by atoms with Gasteiger partial charge in [-0.1, -0.05) is 13.8 Å². The summed E-state index contributed by atoms with van der Waals surface area (Å²) in [7, 11) is 1.90. The summed E-state index contributed by atoms with van der Waals surface area (Å²) in [6, 6.07) is 0. The molecular weight excluding hydrogens is 318 g/mol. The summed E-state index contributed by atoms with van der Waals surface area (Å²) in [5, 5.41) is 4.49. The lowest BCUT2D eigenvalue weighted by molar-refractivity contribution is -0.157. The highest BCUT2D eigenvalue weighted by molar-refractivity contribution is 5.86. The van der Waals surface area contributed by atoms with Crippen molar-refractivity contribution in [3.8, 4) is 0 Å². The van der Waals surface area contributed by atoms with Crippen LogP contribution in [0.2, 0.25) is 0 Å². The molecule has 0 spiro atoms. The smallest absolute Gasteiger partial charge is 0.314 e. The Bertz CT molecular complexity index is 667. The van der Waals surface area contributed by atoms with Gasteiger partial charge in [0.2, 0.25) is 5.91 Å². The van der Waals surface area contributed by atoms with E-state index in [4.69, 9.17) is 4.74 Å². The zero-order valence-electron chi connectivity index (χ0n) is 15.7. The molecule has 1 aromatic heterocycles. The SMILES string of the molecule is CCOC(=O)[C@]1(C(C)C)CCN(C(=O)[C@@H]2CCCc3nn(C)cc32)C1. The molecule has 138 valence electrons. The van der Waals surface area contributed by atoms with E-state index in [1.807, 2.05) is 38.9 Å². The Kier molecular flexibility index (Phi) is 4.89. The molecule has 6 nitrogen and oxygen atoms in total. The van der Waals surface area contributed by atoms with Crippen LogP contribution in [-0.2, 0) is 27.8 Å². The minimum atomic E-state index is -0.571. The molecule has 0 N–H and O–H groups in total. The predicted octanol–water partition coefficient (Wildman–Crippen LogP) is 2.28. The van der Waals surface area contributed by atoms with E-state index >= 15 is 0 Å². The number of aryl methyl sites for hydroxylation is 2. The molecule has 1 amide bonds. The molecule has 25 heavy (non-hydrogen) atoms. The van der Waals surface area contributed by atoms with E-state index in [0.717, 1.165) is 30.5 Å². The van der Waals surface area contributed by atoms with Crippen molar-refractivity contribution in [2.75, 3.05) is 19.7 Å². The Hall–Kier alpha value is -1.85. The van der Waals surface area contributed by atoms with Crippen molar-refractivity contribution in [3.63, 3.8) is 0 Å². The molecule has 0 bridgehead atoms. The van der Waals surface area contributed by atoms with E-state index in [1.54, 1.807) is 4.68 Å². The van der Waals surface area contributed by atoms with Crippen LogP contribution in [0.5, 0.6) is 0 Å². The first kappa shape index (κ1) is 18.0. The number of nitrogens with zero attached hydrogens (tertiary/aromatic N) is 3. The lowest BCUT2D eigenvalue weighted by Gasteiger charge is -2.32. The number of hydrogen-bond acceptors (Lipinski definition) is 4. The first-order chi connectivity index (χ1) is 11.9. The molecule has 1 aliphatic carbocycles. The molecule has 1 saturated heterocycles. The molecule has 0 unspecified atom stereocenters. The molecule has 6 heteroatoms. The second kappa shape index (κ2) is 6.81. The Labute approximate surface area is 149 Å². The Morgan fingerprint density at radius 1 is 1.44 bits per heavy atom. The quantitative estimate of drug-likeness (QED) is 0.784. The van der Waals surface area contributed by atoms with Crippen molar-refractivity contribution in [3.05, 3.63) is 17.5 Å². The van der Waals surface area contributed by atoms with Gasteiger partial charge in [-0.15, -0.1) is 0 Å². The largest absolute Gasteiger partial charge is 0.466 e. The number of carbonyl (C=O) groups is 2. The second-order valence-electron chi connectivity index (χ2n) is 7.69. The van der Waals surface area contributed by atoms with Gasteiger partial charge >= 0.3 is 5.97 Å². The summed E-state index contributed by atoms with van der Waals surface area (Å²) >= 11 is 0. The van der Waals surface area contributed by atoms with E-state index in [2.05, 4.69) is 5.10 Å². The number of likely N-dealkylation sites (tertiary alicyclic amines) is 1. The molecule has 1 aromatic rings. The number of amides is 1. The van der Waals surface area contributed by atoms with Gasteiger partial charge in [-0.25, -0.2) is 0 Å². The van der Waals surface area contributed by atoms with Crippen molar-refractivity contribution in [2.45, 2.75) is 52.4 Å². The predicted molar refractivity (Wildman–Crippen MR) is 94.0 cm³/mol. The van der Waals surface area contributed by atoms with E-state index in [-0.39, 0.29) is 23.7 Å². The van der Waals surface area contributed by atoms with Crippen molar-refractivity contribution in [2.24, 2.45) is 18.4 Å². The first-order valence-corrected chi connectivity index (χ1v) is 9.37. The third-order valence-corrected chi connectivity index (χ3v) is 5.92. The van der Waals surface area contributed by atoms with E-state index in [1.165, 1.54) is 0 Å². The monoisotopic (exact) mass is 347 g/mol. The lowest BCUT2D eigenvalue weighted by atomic mass is 9.76. The number of esters is 1. The van der Waals surface area contributed by atoms with Gasteiger partial charge in [-0.3, -0.25) is 14.3 Å². The number of ether oxygens (including phenoxy) is 1. The summed E-state index contributed by atoms with van der Waals surface area (Å²) in [5.74, 6) is -0.000879. The number of rotatable bonds is 4. The zero-order chi connectivity index (χ0) is 18.2. The topological polar surface area (TPSA) is 64.4 Å². The highest BCUT2D eigenvalue weighted by Crippen LogP contribution is 2.41. The van der Waals surface area contributed by atoms with Crippen LogP contribution in [0.1, 0.15) is 57.2 Å². The Balaban J connectivity index is 1.80. The van der Waals surface area contributed by atoms with E-state index < -0.39 is 5.41 Å². The average molecular weight is 347 g/mol. The summed E-state index contributed by atoms with van der Waals surface area (Å²) in [6.45, 7) is 7.39. The molecule has 1 fully saturated rings. The lowest BCUT2D eigenvalue weighted by Crippen LogP contribution is -2.43. The standard InChI is InChI=1S/C19H29N3O3/c1-5-25-18(24)19(13(2)3)9-10-22(12-19)17(23)14-7-6-8-16-15(14)11-21(4)20-16/h11,13-14H,5-10,12H2,1-4H3/t14-,19-/m1/s1. The fourth-order valence-corrected chi connectivity index (χ4v) is 4.31. The Morgan fingerprint density at radius 3 is 2.88 bits per heavy atom. The Morgan fingerprint density at radius 2 is 2.20 bits per heavy atom. The van der Waals surface area contributed by atoms with Crippen LogP contribution in [0.3, 0.4) is 0 Å². The zero-order valence-corrected chi connectivity index (χ0v) is 15.7. The second-order valence-corrected chi connectivity index (χ2v) is 7.69. The summed E-state index contributed by atoms with van der Waals surface area (Å²) in [5.41, 5.74) is 1.54. The van der Waals surface area contributed by atoms with E-state index in [9.17, 15) is 9.59 Å². The van der Waals surface area contributed by atoms with Crippen molar-refractivity contribution in [1.82, 2.24) is 14.7 Å². The van der Waals surface area contributed by atoms with Gasteiger partial charge in [0, 0.05) is 31.9 Å². The molecule has 0 aromatic carbocycles. The highest BCUT2D eigenvalue weighted by atomic mass is 16.5. The maximum Gasteiger partial charge on any atom is 0.314 e. The normalized spacial score (nSPS) is 26.0. The molecule has 0 radical (unpaired) electrons. The molecular formula is C19H29N3O3. The maximum atomic E-state index is 13.2. The number of fused-ring (bicyclic) bond motifs is 1. The molecule has 0 saturated carbocycles. The fraction of sp³-hybridized carbons (Fsp3) is 0.737. The molecule has 1 aliphatic heterocycles. The number of aromatic nitrogens is 2. The molecule has 3 rings (SSSR count). The minimum absolute atomic E-state index is 0.123. The highest BCUT2D eigenvalue weighted by Gasteiger charge is 2.50. The van der Waals surface area contributed by atoms with Gasteiger partial charge in [-0.05, 0) is 38.5 Å². The van der Waals surface area contributed by atoms with Crippen LogP contribution in [-0.4, -0.2) is 46.3 Å². The van der Waals surface area contributed by atoms with Crippen LogP contribution in [0.25, 0.3) is 0 Å². The van der Waals surface area contributed by atoms with Crippen LogP contribution >= 0.6 is 0 Å². The fourth-order valence-electron chi connectivity index (χ4n) is 4.31. The van der Waals surface area contributed by atoms with Gasteiger partial charge in [-0.2, -0.15) is 5.10 Å². The van der Waals surface area contributed by atoms with Gasteiger partial charge < -0.3 is 9.64 Å². The van der Waals surface area contributed by atoms with Gasteiger partial charge in [0.15, 0.2) is 0 Å². The van der Waals surface area contributed by atoms with Gasteiger partial charge in [0.1, 0.15) is 0 Å². The van der Waals surface area contributed by atoms with Gasteiger partial charge in [0.05, 0.1) is 23.6 Å². The van der Waals surface area contributed by atoms with Crippen molar-refractivity contribution in [1.29, 1.82) is 0 Å². The van der Waals surface area contributed by atoms with Crippen LogP contribution in [0.4, 0.5) is 0 Å². The summed E-state index contributed by atoms with van der Waals surface area (Å²) in [4.78, 5) is 27.7. The minimum Gasteiger partial charge on any atom is -0.466 e. The number of carbonyl (C=O) groups excluding carboxylic acids is 2. The van der Waals surface area contributed by atoms with Gasteiger partial charge in [0.25, 0.3) is 0 Å². The summed E-state index contributed by atoms with van der Waals surface area (Å²) < 4.78 is 7.14. The van der Waals surface area contributed by atoms with Crippen LogP contribution < -0.4 is 0 Å². The molecule has 2 atom stereocenters. The maximum absolute atomic E-state index is 13.2. The molecule has 2 heterocycles. The van der Waals surface area contributed by atoms with Crippen molar-refractivity contribution >= 4 is 11.9 Å². The van der Waals surface area contributed by atoms with Crippen molar-refractivity contribution < 1.29 is 14.3 Å². The van der Waals surface area contributed by atoms with Crippen LogP contribution in [0, 0.1) is 11.3 Å². The summed E-state index contributed by atoms with van der Waals surface area (Å²) in [6.07, 6.45) is 5.46. The third kappa shape index (κ3) is 3.07. The average Bonchev–Trinajstić information content (AvgIpc) is 3.17. The molecule has 2 aliphatic rings. The number of hydrogen-bond donors (Lipinski definition) is 0. The third-order valence-electron chi connectivity index (χ3n) is 5.92. The van der Waals surface area contributed by atoms with Crippen LogP contribution in [0.15, 0.2) is 6.20 Å².